The average molecular weight is 232 g/mol. The van der Waals surface area contributed by atoms with Crippen LogP contribution in [0.5, 0.6) is 0 Å². The van der Waals surface area contributed by atoms with E-state index in [0.717, 1.165) is 12.1 Å². The molecule has 0 fully saturated rings. The summed E-state index contributed by atoms with van der Waals surface area (Å²) in [5, 5.41) is 0. The highest BCUT2D eigenvalue weighted by Gasteiger charge is 2.06. The molecule has 0 radical (unpaired) electrons. The molecule has 0 bridgehead atoms. The van der Waals surface area contributed by atoms with Gasteiger partial charge in [-0.05, 0) is 31.9 Å². The fraction of sp³-hybridized carbons (Fsp3) is 0.533. The third kappa shape index (κ3) is 3.32. The summed E-state index contributed by atoms with van der Waals surface area (Å²) in [6, 6.07) is 6.17. The Kier molecular flexibility index (Phi) is 5.75. The maximum absolute atomic E-state index is 4.55. The third-order valence-electron chi connectivity index (χ3n) is 2.85. The van der Waals surface area contributed by atoms with Gasteiger partial charge in [-0.15, -0.1) is 0 Å². The monoisotopic (exact) mass is 232 g/mol. The molecule has 0 aliphatic rings. The maximum Gasteiger partial charge on any atom is 0.137 e. The molecule has 0 saturated heterocycles. The van der Waals surface area contributed by atoms with E-state index in [-0.39, 0.29) is 0 Å². The second-order valence-corrected chi connectivity index (χ2v) is 4.03. The van der Waals surface area contributed by atoms with E-state index in [1.165, 1.54) is 30.7 Å². The van der Waals surface area contributed by atoms with Crippen LogP contribution in [-0.4, -0.2) is 9.38 Å². The van der Waals surface area contributed by atoms with Gasteiger partial charge in [0.05, 0.1) is 5.69 Å². The molecule has 2 nitrogen and oxygen atoms in total. The van der Waals surface area contributed by atoms with E-state index >= 15 is 0 Å². The van der Waals surface area contributed by atoms with Crippen molar-refractivity contribution in [3.8, 4) is 0 Å². The van der Waals surface area contributed by atoms with Crippen LogP contribution < -0.4 is 0 Å². The van der Waals surface area contributed by atoms with E-state index in [4.69, 9.17) is 0 Å². The minimum absolute atomic E-state index is 1.07. The summed E-state index contributed by atoms with van der Waals surface area (Å²) >= 11 is 0. The van der Waals surface area contributed by atoms with E-state index in [1.807, 2.05) is 19.9 Å². The Labute approximate surface area is 105 Å². The number of aryl methyl sites for hydroxylation is 2. The van der Waals surface area contributed by atoms with Crippen LogP contribution in [0.15, 0.2) is 24.4 Å². The normalized spacial score (nSPS) is 10.1. The first-order valence-corrected chi connectivity index (χ1v) is 6.75. The summed E-state index contributed by atoms with van der Waals surface area (Å²) < 4.78 is 2.21. The Hall–Kier alpha value is -1.31. The van der Waals surface area contributed by atoms with E-state index in [2.05, 4.69) is 41.6 Å². The Morgan fingerprint density at radius 2 is 1.94 bits per heavy atom. The molecular formula is C15H24N2. The summed E-state index contributed by atoms with van der Waals surface area (Å²) in [5.74, 6) is 0. The zero-order valence-electron chi connectivity index (χ0n) is 11.5. The molecule has 2 aromatic rings. The van der Waals surface area contributed by atoms with Gasteiger partial charge in [0.2, 0.25) is 0 Å². The number of fused-ring (bicyclic) bond motifs is 1. The average Bonchev–Trinajstić information content (AvgIpc) is 2.69. The minimum atomic E-state index is 1.07. The smallest absolute Gasteiger partial charge is 0.137 e. The highest BCUT2D eigenvalue weighted by atomic mass is 15.0. The lowest BCUT2D eigenvalue weighted by molar-refractivity contribution is 0.701. The number of nitrogens with zero attached hydrogens (tertiary/aromatic N) is 2. The fourth-order valence-corrected chi connectivity index (χ4v) is 2.01. The molecule has 2 heterocycles. The van der Waals surface area contributed by atoms with Crippen molar-refractivity contribution in [1.29, 1.82) is 0 Å². The standard InChI is InChI=1S/C13H18N2.C2H6/c1-3-4-5-8-12-11(2)14-13-9-6-7-10-15(12)13;1-2/h6-7,9-10H,3-5,8H2,1-2H3;1-2H3. The predicted molar refractivity (Wildman–Crippen MR) is 74.5 cm³/mol. The zero-order chi connectivity index (χ0) is 12.7. The number of hydrogen-bond acceptors (Lipinski definition) is 1. The Balaban J connectivity index is 0.000000686. The lowest BCUT2D eigenvalue weighted by Crippen LogP contribution is -1.94. The van der Waals surface area contributed by atoms with Gasteiger partial charge >= 0.3 is 0 Å². The number of pyridine rings is 1. The molecule has 17 heavy (non-hydrogen) atoms. The number of unbranched alkanes of at least 4 members (excludes halogenated alkanes) is 2. The van der Waals surface area contributed by atoms with Crippen molar-refractivity contribution < 1.29 is 0 Å². The number of imidazole rings is 1. The minimum Gasteiger partial charge on any atom is -0.304 e. The van der Waals surface area contributed by atoms with Gasteiger partial charge in [-0.2, -0.15) is 0 Å². The topological polar surface area (TPSA) is 17.3 Å². The van der Waals surface area contributed by atoms with E-state index in [1.54, 1.807) is 0 Å². The summed E-state index contributed by atoms with van der Waals surface area (Å²) in [5.41, 5.74) is 3.62. The van der Waals surface area contributed by atoms with Gasteiger partial charge in [-0.25, -0.2) is 4.98 Å². The molecule has 0 atom stereocenters. The Morgan fingerprint density at radius 1 is 1.18 bits per heavy atom. The largest absolute Gasteiger partial charge is 0.304 e. The molecule has 0 aliphatic heterocycles. The molecule has 2 rings (SSSR count). The summed E-state index contributed by atoms with van der Waals surface area (Å²) in [7, 11) is 0. The van der Waals surface area contributed by atoms with Gasteiger partial charge in [0.25, 0.3) is 0 Å². The Bertz CT molecular complexity index is 443. The van der Waals surface area contributed by atoms with Gasteiger partial charge in [0.15, 0.2) is 0 Å². The molecule has 2 aromatic heterocycles. The van der Waals surface area contributed by atoms with Crippen molar-refractivity contribution in [2.45, 2.75) is 53.4 Å². The molecule has 0 amide bonds. The van der Waals surface area contributed by atoms with Crippen molar-refractivity contribution in [2.75, 3.05) is 0 Å². The van der Waals surface area contributed by atoms with Crippen molar-refractivity contribution in [3.05, 3.63) is 35.8 Å². The maximum atomic E-state index is 4.55. The zero-order valence-corrected chi connectivity index (χ0v) is 11.5. The predicted octanol–water partition coefficient (Wildman–Crippen LogP) is 4.40. The van der Waals surface area contributed by atoms with Crippen LogP contribution in [0.3, 0.4) is 0 Å². The van der Waals surface area contributed by atoms with E-state index < -0.39 is 0 Å². The van der Waals surface area contributed by atoms with Crippen molar-refractivity contribution in [2.24, 2.45) is 0 Å². The first kappa shape index (κ1) is 13.8. The van der Waals surface area contributed by atoms with Gasteiger partial charge in [0.1, 0.15) is 5.65 Å². The summed E-state index contributed by atoms with van der Waals surface area (Å²) in [6.07, 6.45) is 7.09. The fourth-order valence-electron chi connectivity index (χ4n) is 2.01. The Morgan fingerprint density at radius 3 is 2.65 bits per heavy atom. The quantitative estimate of drug-likeness (QED) is 0.714. The van der Waals surface area contributed by atoms with Crippen molar-refractivity contribution >= 4 is 5.65 Å². The van der Waals surface area contributed by atoms with Crippen LogP contribution in [0.25, 0.3) is 5.65 Å². The van der Waals surface area contributed by atoms with Crippen molar-refractivity contribution in [3.63, 3.8) is 0 Å². The molecule has 0 unspecified atom stereocenters. The van der Waals surface area contributed by atoms with Crippen LogP contribution >= 0.6 is 0 Å². The summed E-state index contributed by atoms with van der Waals surface area (Å²) in [6.45, 7) is 8.34. The molecule has 0 saturated carbocycles. The second-order valence-electron chi connectivity index (χ2n) is 4.03. The van der Waals surface area contributed by atoms with Gasteiger partial charge in [-0.3, -0.25) is 0 Å². The molecule has 2 heteroatoms. The van der Waals surface area contributed by atoms with Crippen LogP contribution in [0.4, 0.5) is 0 Å². The number of hydrogen-bond donors (Lipinski definition) is 0. The number of rotatable bonds is 4. The van der Waals surface area contributed by atoms with Crippen LogP contribution in [0.2, 0.25) is 0 Å². The SMILES string of the molecule is CC.CCCCCc1c(C)nc2ccccn12. The first-order valence-electron chi connectivity index (χ1n) is 6.75. The van der Waals surface area contributed by atoms with Crippen molar-refractivity contribution in [1.82, 2.24) is 9.38 Å². The van der Waals surface area contributed by atoms with Gasteiger partial charge in [0, 0.05) is 11.9 Å². The lowest BCUT2D eigenvalue weighted by Gasteiger charge is -2.01. The van der Waals surface area contributed by atoms with Crippen LogP contribution in [0.1, 0.15) is 51.4 Å². The molecular weight excluding hydrogens is 208 g/mol. The molecule has 0 N–H and O–H groups in total. The highest BCUT2D eigenvalue weighted by molar-refractivity contribution is 5.42. The highest BCUT2D eigenvalue weighted by Crippen LogP contribution is 2.14. The molecule has 94 valence electrons. The van der Waals surface area contributed by atoms with E-state index in [9.17, 15) is 0 Å². The van der Waals surface area contributed by atoms with Crippen LogP contribution in [0, 0.1) is 6.92 Å². The van der Waals surface area contributed by atoms with Crippen LogP contribution in [-0.2, 0) is 6.42 Å². The summed E-state index contributed by atoms with van der Waals surface area (Å²) in [4.78, 5) is 4.55. The molecule has 0 aliphatic carbocycles. The molecule has 0 spiro atoms. The molecule has 0 aromatic carbocycles. The first-order chi connectivity index (χ1) is 8.33. The van der Waals surface area contributed by atoms with Gasteiger partial charge < -0.3 is 4.40 Å². The number of aromatic nitrogens is 2. The third-order valence-corrected chi connectivity index (χ3v) is 2.85. The van der Waals surface area contributed by atoms with Gasteiger partial charge in [-0.1, -0.05) is 39.7 Å². The lowest BCUT2D eigenvalue weighted by atomic mass is 10.1. The van der Waals surface area contributed by atoms with E-state index in [0.29, 0.717) is 0 Å². The second kappa shape index (κ2) is 7.10.